The number of carboxylic acids is 2. The van der Waals surface area contributed by atoms with Crippen LogP contribution in [0.25, 0.3) is 0 Å². The molecule has 0 radical (unpaired) electrons. The van der Waals surface area contributed by atoms with E-state index in [9.17, 15) is 29.4 Å². The van der Waals surface area contributed by atoms with Crippen LogP contribution in [0.5, 0.6) is 0 Å². The molecule has 0 aromatic carbocycles. The van der Waals surface area contributed by atoms with Crippen molar-refractivity contribution >= 4 is 23.9 Å². The van der Waals surface area contributed by atoms with E-state index in [-0.39, 0.29) is 26.1 Å². The van der Waals surface area contributed by atoms with E-state index in [0.717, 1.165) is 64.2 Å². The first-order valence-electron chi connectivity index (χ1n) is 20.9. The number of carbonyl (C=O) groups is 4. The SMILES string of the molecule is CCCCCCCC/C=C\CCCCCCCC(=O)OCC(COC(=O)CCCCCCC/C=C\CCCCCCCC)C(CC(=O)O)C(=O)O. The number of aliphatic carboxylic acids is 2. The van der Waals surface area contributed by atoms with E-state index in [1.165, 1.54) is 89.9 Å². The molecule has 0 aromatic rings. The van der Waals surface area contributed by atoms with E-state index in [0.29, 0.717) is 12.8 Å². The number of rotatable bonds is 38. The number of hydrogen-bond acceptors (Lipinski definition) is 6. The van der Waals surface area contributed by atoms with Gasteiger partial charge in [0.05, 0.1) is 25.6 Å². The number of ether oxygens (including phenoxy) is 2. The van der Waals surface area contributed by atoms with E-state index in [1.807, 2.05) is 0 Å². The average molecular weight is 721 g/mol. The standard InChI is InChI=1S/C43H76O8/c1-3-5-7-9-11-13-15-17-19-21-23-25-27-29-31-33-41(46)50-36-38(39(43(48)49)35-40(44)45)37-51-42(47)34-32-30-28-26-24-22-20-18-16-14-12-10-8-6-4-2/h17-20,38-39H,3-16,21-37H2,1-2H3,(H,44,45)(H,48,49)/b19-17-,20-18-. The van der Waals surface area contributed by atoms with Gasteiger partial charge in [-0.2, -0.15) is 0 Å². The largest absolute Gasteiger partial charge is 0.481 e. The van der Waals surface area contributed by atoms with Gasteiger partial charge in [0, 0.05) is 18.8 Å². The van der Waals surface area contributed by atoms with Crippen LogP contribution in [0.2, 0.25) is 0 Å². The Morgan fingerprint density at radius 3 is 1.10 bits per heavy atom. The van der Waals surface area contributed by atoms with Gasteiger partial charge in [-0.3, -0.25) is 19.2 Å². The molecule has 0 spiro atoms. The molecule has 0 amide bonds. The second kappa shape index (κ2) is 37.1. The van der Waals surface area contributed by atoms with Gasteiger partial charge in [0.25, 0.3) is 0 Å². The maximum absolute atomic E-state index is 12.4. The van der Waals surface area contributed by atoms with Crippen molar-refractivity contribution < 1.29 is 38.9 Å². The van der Waals surface area contributed by atoms with Crippen LogP contribution >= 0.6 is 0 Å². The maximum atomic E-state index is 12.4. The van der Waals surface area contributed by atoms with Gasteiger partial charge in [-0.25, -0.2) is 0 Å². The summed E-state index contributed by atoms with van der Waals surface area (Å²) in [5, 5.41) is 18.9. The number of esters is 2. The fourth-order valence-corrected chi connectivity index (χ4v) is 6.15. The van der Waals surface area contributed by atoms with Crippen molar-refractivity contribution in [3.05, 3.63) is 24.3 Å². The van der Waals surface area contributed by atoms with Gasteiger partial charge < -0.3 is 19.7 Å². The molecule has 2 N–H and O–H groups in total. The van der Waals surface area contributed by atoms with Crippen molar-refractivity contribution in [3.63, 3.8) is 0 Å². The molecule has 0 saturated heterocycles. The molecule has 296 valence electrons. The summed E-state index contributed by atoms with van der Waals surface area (Å²) in [5.74, 6) is -5.75. The van der Waals surface area contributed by atoms with Crippen molar-refractivity contribution in [3.8, 4) is 0 Å². The molecule has 0 heterocycles. The topological polar surface area (TPSA) is 127 Å². The highest BCUT2D eigenvalue weighted by Gasteiger charge is 2.32. The molecule has 51 heavy (non-hydrogen) atoms. The molecule has 8 nitrogen and oxygen atoms in total. The number of carbonyl (C=O) groups excluding carboxylic acids is 2. The first-order valence-corrected chi connectivity index (χ1v) is 20.9. The highest BCUT2D eigenvalue weighted by Crippen LogP contribution is 2.20. The minimum absolute atomic E-state index is 0.219. The maximum Gasteiger partial charge on any atom is 0.307 e. The summed E-state index contributed by atoms with van der Waals surface area (Å²) >= 11 is 0. The fourth-order valence-electron chi connectivity index (χ4n) is 6.15. The minimum Gasteiger partial charge on any atom is -0.481 e. The third-order valence-electron chi connectivity index (χ3n) is 9.48. The summed E-state index contributed by atoms with van der Waals surface area (Å²) in [6, 6.07) is 0. The van der Waals surface area contributed by atoms with Gasteiger partial charge >= 0.3 is 23.9 Å². The number of carboxylic acid groups (broad SMARTS) is 2. The van der Waals surface area contributed by atoms with E-state index < -0.39 is 42.1 Å². The van der Waals surface area contributed by atoms with Crippen LogP contribution in [0.4, 0.5) is 0 Å². The minimum atomic E-state index is -1.33. The molecule has 0 saturated carbocycles. The Hall–Kier alpha value is -2.64. The summed E-state index contributed by atoms with van der Waals surface area (Å²) in [5.41, 5.74) is 0. The fraction of sp³-hybridized carbons (Fsp3) is 0.814. The normalized spacial score (nSPS) is 12.2. The van der Waals surface area contributed by atoms with Crippen LogP contribution in [-0.4, -0.2) is 47.3 Å². The zero-order valence-electron chi connectivity index (χ0n) is 32.7. The molecule has 0 aliphatic rings. The predicted octanol–water partition coefficient (Wildman–Crippen LogP) is 11.9. The van der Waals surface area contributed by atoms with Crippen LogP contribution in [0, 0.1) is 11.8 Å². The van der Waals surface area contributed by atoms with Gasteiger partial charge in [0.15, 0.2) is 0 Å². The predicted molar refractivity (Wildman–Crippen MR) is 208 cm³/mol. The lowest BCUT2D eigenvalue weighted by Gasteiger charge is -2.22. The molecule has 8 heteroatoms. The molecule has 0 aliphatic carbocycles. The quantitative estimate of drug-likeness (QED) is 0.0366. The van der Waals surface area contributed by atoms with Crippen LogP contribution in [0.15, 0.2) is 24.3 Å². The Morgan fingerprint density at radius 2 is 0.784 bits per heavy atom. The molecule has 0 aromatic heterocycles. The Kier molecular flexibility index (Phi) is 35.2. The number of hydrogen-bond donors (Lipinski definition) is 2. The molecule has 0 fully saturated rings. The highest BCUT2D eigenvalue weighted by atomic mass is 16.5. The van der Waals surface area contributed by atoms with Crippen molar-refractivity contribution in [2.75, 3.05) is 13.2 Å². The van der Waals surface area contributed by atoms with Crippen LogP contribution in [0.1, 0.15) is 200 Å². The third kappa shape index (κ3) is 34.2. The summed E-state index contributed by atoms with van der Waals surface area (Å²) in [7, 11) is 0. The Bertz CT molecular complexity index is 856. The van der Waals surface area contributed by atoms with E-state index in [2.05, 4.69) is 38.2 Å². The monoisotopic (exact) mass is 721 g/mol. The second-order valence-corrected chi connectivity index (χ2v) is 14.3. The van der Waals surface area contributed by atoms with Crippen LogP contribution in [-0.2, 0) is 28.7 Å². The summed E-state index contributed by atoms with van der Waals surface area (Å²) < 4.78 is 10.7. The lowest BCUT2D eigenvalue weighted by molar-refractivity contribution is -0.159. The third-order valence-corrected chi connectivity index (χ3v) is 9.48. The van der Waals surface area contributed by atoms with Crippen molar-refractivity contribution in [2.24, 2.45) is 11.8 Å². The van der Waals surface area contributed by atoms with Crippen molar-refractivity contribution in [1.29, 1.82) is 0 Å². The Balaban J connectivity index is 4.20. The van der Waals surface area contributed by atoms with Gasteiger partial charge in [-0.15, -0.1) is 0 Å². The first-order chi connectivity index (χ1) is 24.8. The Morgan fingerprint density at radius 1 is 0.471 bits per heavy atom. The van der Waals surface area contributed by atoms with Gasteiger partial charge in [0.2, 0.25) is 0 Å². The highest BCUT2D eigenvalue weighted by molar-refractivity contribution is 5.78. The molecule has 1 unspecified atom stereocenters. The number of allylic oxidation sites excluding steroid dienone is 4. The lowest BCUT2D eigenvalue weighted by atomic mass is 9.90. The smallest absolute Gasteiger partial charge is 0.307 e. The van der Waals surface area contributed by atoms with Crippen LogP contribution < -0.4 is 0 Å². The molecule has 0 rings (SSSR count). The van der Waals surface area contributed by atoms with Gasteiger partial charge in [0.1, 0.15) is 0 Å². The van der Waals surface area contributed by atoms with Crippen LogP contribution in [0.3, 0.4) is 0 Å². The summed E-state index contributed by atoms with van der Waals surface area (Å²) in [6.07, 6.45) is 39.0. The van der Waals surface area contributed by atoms with Gasteiger partial charge in [-0.05, 0) is 64.2 Å². The molecular weight excluding hydrogens is 644 g/mol. The van der Waals surface area contributed by atoms with Crippen molar-refractivity contribution in [2.45, 2.75) is 200 Å². The Labute approximate surface area is 311 Å². The first kappa shape index (κ1) is 48.4. The zero-order chi connectivity index (χ0) is 37.6. The summed E-state index contributed by atoms with van der Waals surface area (Å²) in [6.45, 7) is 3.89. The average Bonchev–Trinajstić information content (AvgIpc) is 3.10. The van der Waals surface area contributed by atoms with E-state index >= 15 is 0 Å². The van der Waals surface area contributed by atoms with E-state index in [4.69, 9.17) is 9.47 Å². The molecule has 1 atom stereocenters. The molecule has 0 aliphatic heterocycles. The zero-order valence-corrected chi connectivity index (χ0v) is 32.7. The number of unbranched alkanes of at least 4 members (excludes halogenated alkanes) is 22. The van der Waals surface area contributed by atoms with Gasteiger partial charge in [-0.1, -0.05) is 141 Å². The van der Waals surface area contributed by atoms with E-state index in [1.54, 1.807) is 0 Å². The molecular formula is C43H76O8. The van der Waals surface area contributed by atoms with Crippen molar-refractivity contribution in [1.82, 2.24) is 0 Å². The lowest BCUT2D eigenvalue weighted by Crippen LogP contribution is -2.34. The molecule has 0 bridgehead atoms. The second-order valence-electron chi connectivity index (χ2n) is 14.3. The summed E-state index contributed by atoms with van der Waals surface area (Å²) in [4.78, 5) is 48.0.